The minimum atomic E-state index is -0.249. The van der Waals surface area contributed by atoms with Crippen molar-refractivity contribution in [2.75, 3.05) is 20.2 Å². The molecule has 3 heterocycles. The molecule has 1 N–H and O–H groups in total. The number of fused-ring (bicyclic) bond motifs is 6. The van der Waals surface area contributed by atoms with Gasteiger partial charge in [-0.15, -0.1) is 0 Å². The molecule has 0 spiro atoms. The second-order valence-corrected chi connectivity index (χ2v) is 8.91. The molecule has 2 atom stereocenters. The summed E-state index contributed by atoms with van der Waals surface area (Å²) >= 11 is 0. The van der Waals surface area contributed by atoms with Crippen LogP contribution in [0.15, 0.2) is 60.2 Å². The quantitative estimate of drug-likeness (QED) is 0.687. The lowest BCUT2D eigenvalue weighted by Gasteiger charge is -2.54. The first kappa shape index (κ1) is 18.0. The molecule has 30 heavy (non-hydrogen) atoms. The summed E-state index contributed by atoms with van der Waals surface area (Å²) in [6, 6.07) is 17.2. The molecule has 0 amide bonds. The normalized spacial score (nSPS) is 26.0. The predicted octanol–water partition coefficient (Wildman–Crippen LogP) is 4.59. The summed E-state index contributed by atoms with van der Waals surface area (Å²) in [5, 5.41) is 1.29. The maximum absolute atomic E-state index is 12.3. The first-order chi connectivity index (χ1) is 14.7. The van der Waals surface area contributed by atoms with Gasteiger partial charge in [0.2, 0.25) is 0 Å². The number of carbonyl (C=O) groups is 1. The van der Waals surface area contributed by atoms with E-state index < -0.39 is 0 Å². The summed E-state index contributed by atoms with van der Waals surface area (Å²) in [6.45, 7) is 2.06. The SMILES string of the molecule is COc1ccc2c3c([nH]c2c1)[C@]1(c2ccccc2)CC2=CC(=O)CC[C@H]2CN1CC3. The van der Waals surface area contributed by atoms with E-state index in [-0.39, 0.29) is 11.3 Å². The standard InChI is InChI=1S/C26H26N2O2/c1-30-21-9-10-22-23-11-12-28-16-17-7-8-20(29)13-18(17)15-26(28,19-5-3-2-4-6-19)25(23)27-24(22)14-21/h2-6,9-10,13-14,17,27H,7-8,11-12,15-16H2,1H3/t17-,26+/m0/s1. The van der Waals surface area contributed by atoms with Gasteiger partial charge < -0.3 is 9.72 Å². The van der Waals surface area contributed by atoms with E-state index in [2.05, 4.69) is 58.4 Å². The van der Waals surface area contributed by atoms with Gasteiger partial charge in [0, 0.05) is 42.2 Å². The molecule has 1 saturated heterocycles. The summed E-state index contributed by atoms with van der Waals surface area (Å²) in [6.07, 6.45) is 5.56. The van der Waals surface area contributed by atoms with E-state index in [1.54, 1.807) is 7.11 Å². The molecule has 3 aliphatic rings. The van der Waals surface area contributed by atoms with Crippen LogP contribution in [0.5, 0.6) is 5.75 Å². The van der Waals surface area contributed by atoms with E-state index >= 15 is 0 Å². The number of carbonyl (C=O) groups excluding carboxylic acids is 1. The van der Waals surface area contributed by atoms with Gasteiger partial charge in [0.15, 0.2) is 5.78 Å². The number of hydrogen-bond acceptors (Lipinski definition) is 3. The lowest BCUT2D eigenvalue weighted by atomic mass is 9.67. The van der Waals surface area contributed by atoms with Crippen LogP contribution < -0.4 is 4.74 Å². The Balaban J connectivity index is 1.61. The monoisotopic (exact) mass is 398 g/mol. The van der Waals surface area contributed by atoms with Crippen LogP contribution in [0.1, 0.15) is 36.1 Å². The molecule has 3 aromatic rings. The van der Waals surface area contributed by atoms with Crippen molar-refractivity contribution in [1.29, 1.82) is 0 Å². The average molecular weight is 399 g/mol. The molecule has 6 rings (SSSR count). The Kier molecular flexibility index (Phi) is 3.94. The third-order valence-electron chi connectivity index (χ3n) is 7.46. The molecule has 0 bridgehead atoms. The van der Waals surface area contributed by atoms with Crippen molar-refractivity contribution < 1.29 is 9.53 Å². The molecule has 2 aromatic carbocycles. The molecule has 152 valence electrons. The van der Waals surface area contributed by atoms with Crippen molar-refractivity contribution in [2.24, 2.45) is 5.92 Å². The van der Waals surface area contributed by atoms with Gasteiger partial charge in [0.05, 0.1) is 12.6 Å². The fourth-order valence-electron chi connectivity index (χ4n) is 6.02. The first-order valence-corrected chi connectivity index (χ1v) is 10.9. The number of aromatic nitrogens is 1. The van der Waals surface area contributed by atoms with Crippen molar-refractivity contribution in [3.8, 4) is 5.75 Å². The number of benzene rings is 2. The van der Waals surface area contributed by atoms with Crippen LogP contribution in [-0.4, -0.2) is 35.9 Å². The molecule has 0 radical (unpaired) electrons. The highest BCUT2D eigenvalue weighted by Gasteiger charge is 2.51. The topological polar surface area (TPSA) is 45.3 Å². The molecule has 0 unspecified atom stereocenters. The number of ketones is 1. The summed E-state index contributed by atoms with van der Waals surface area (Å²) in [5.41, 5.74) is 6.22. The molecule has 4 heteroatoms. The smallest absolute Gasteiger partial charge is 0.155 e. The number of ether oxygens (including phenoxy) is 1. The van der Waals surface area contributed by atoms with Gasteiger partial charge in [0.25, 0.3) is 0 Å². The lowest BCUT2D eigenvalue weighted by molar-refractivity contribution is -0.115. The van der Waals surface area contributed by atoms with Gasteiger partial charge in [-0.05, 0) is 54.5 Å². The van der Waals surface area contributed by atoms with E-state index in [0.29, 0.717) is 12.3 Å². The van der Waals surface area contributed by atoms with E-state index in [1.165, 1.54) is 27.8 Å². The van der Waals surface area contributed by atoms with Gasteiger partial charge in [-0.25, -0.2) is 0 Å². The van der Waals surface area contributed by atoms with Gasteiger partial charge >= 0.3 is 0 Å². The van der Waals surface area contributed by atoms with Crippen molar-refractivity contribution >= 4 is 16.7 Å². The number of allylic oxidation sites excluding steroid dienone is 1. The summed E-state index contributed by atoms with van der Waals surface area (Å²) in [7, 11) is 1.71. The van der Waals surface area contributed by atoms with Crippen LogP contribution in [0.4, 0.5) is 0 Å². The Morgan fingerprint density at radius 2 is 2.00 bits per heavy atom. The fourth-order valence-corrected chi connectivity index (χ4v) is 6.02. The largest absolute Gasteiger partial charge is 0.497 e. The number of rotatable bonds is 2. The number of H-pyrrole nitrogens is 1. The molecule has 2 aliphatic heterocycles. The number of methoxy groups -OCH3 is 1. The molecule has 1 aromatic heterocycles. The Labute approximate surface area is 176 Å². The predicted molar refractivity (Wildman–Crippen MR) is 118 cm³/mol. The van der Waals surface area contributed by atoms with E-state index in [9.17, 15) is 4.79 Å². The summed E-state index contributed by atoms with van der Waals surface area (Å²) < 4.78 is 5.48. The van der Waals surface area contributed by atoms with Crippen LogP contribution in [0.2, 0.25) is 0 Å². The highest BCUT2D eigenvalue weighted by atomic mass is 16.5. The highest BCUT2D eigenvalue weighted by molar-refractivity contribution is 5.91. The van der Waals surface area contributed by atoms with Crippen molar-refractivity contribution in [2.45, 2.75) is 31.2 Å². The van der Waals surface area contributed by atoms with Gasteiger partial charge in [-0.2, -0.15) is 0 Å². The summed E-state index contributed by atoms with van der Waals surface area (Å²) in [4.78, 5) is 18.7. The fraction of sp³-hybridized carbons (Fsp3) is 0.346. The third-order valence-corrected chi connectivity index (χ3v) is 7.46. The highest BCUT2D eigenvalue weighted by Crippen LogP contribution is 2.52. The van der Waals surface area contributed by atoms with Crippen molar-refractivity contribution in [3.63, 3.8) is 0 Å². The Bertz CT molecular complexity index is 1180. The zero-order valence-corrected chi connectivity index (χ0v) is 17.3. The lowest BCUT2D eigenvalue weighted by Crippen LogP contribution is -2.57. The van der Waals surface area contributed by atoms with Gasteiger partial charge in [0.1, 0.15) is 5.75 Å². The third kappa shape index (κ3) is 2.46. The van der Waals surface area contributed by atoms with Crippen LogP contribution >= 0.6 is 0 Å². The minimum Gasteiger partial charge on any atom is -0.497 e. The van der Waals surface area contributed by atoms with Crippen molar-refractivity contribution in [3.05, 3.63) is 77.0 Å². The van der Waals surface area contributed by atoms with Gasteiger partial charge in [-0.1, -0.05) is 35.9 Å². The van der Waals surface area contributed by atoms with E-state index in [4.69, 9.17) is 4.74 Å². The van der Waals surface area contributed by atoms with Crippen molar-refractivity contribution in [1.82, 2.24) is 9.88 Å². The van der Waals surface area contributed by atoms with Crippen LogP contribution in [0.3, 0.4) is 0 Å². The Morgan fingerprint density at radius 3 is 2.83 bits per heavy atom. The molecule has 1 fully saturated rings. The van der Waals surface area contributed by atoms with E-state index in [0.717, 1.165) is 43.6 Å². The van der Waals surface area contributed by atoms with E-state index in [1.807, 2.05) is 6.08 Å². The second kappa shape index (κ2) is 6.58. The Morgan fingerprint density at radius 1 is 1.13 bits per heavy atom. The minimum absolute atomic E-state index is 0.249. The average Bonchev–Trinajstić information content (AvgIpc) is 3.16. The number of nitrogens with zero attached hydrogens (tertiary/aromatic N) is 1. The molecular formula is C26H26N2O2. The van der Waals surface area contributed by atoms with Crippen LogP contribution in [0, 0.1) is 5.92 Å². The second-order valence-electron chi connectivity index (χ2n) is 8.91. The van der Waals surface area contributed by atoms with Gasteiger partial charge in [-0.3, -0.25) is 9.69 Å². The molecule has 1 aliphatic carbocycles. The van der Waals surface area contributed by atoms with Crippen LogP contribution in [-0.2, 0) is 16.8 Å². The zero-order valence-electron chi connectivity index (χ0n) is 17.3. The molecular weight excluding hydrogens is 372 g/mol. The number of hydrogen-bond donors (Lipinski definition) is 1. The maximum atomic E-state index is 12.3. The maximum Gasteiger partial charge on any atom is 0.155 e. The summed E-state index contributed by atoms with van der Waals surface area (Å²) in [5.74, 6) is 1.66. The first-order valence-electron chi connectivity index (χ1n) is 10.9. The number of aromatic amines is 1. The molecule has 0 saturated carbocycles. The Hall–Kier alpha value is -2.85. The molecule has 4 nitrogen and oxygen atoms in total. The van der Waals surface area contributed by atoms with Crippen LogP contribution in [0.25, 0.3) is 10.9 Å². The number of nitrogens with one attached hydrogen (secondary N) is 1. The number of piperidine rings is 1. The zero-order chi connectivity index (χ0) is 20.3.